The normalized spacial score (nSPS) is 11.1. The summed E-state index contributed by atoms with van der Waals surface area (Å²) in [6, 6.07) is 7.13. The second-order valence-electron chi connectivity index (χ2n) is 3.73. The smallest absolute Gasteiger partial charge is 0.353 e. The van der Waals surface area contributed by atoms with Crippen molar-refractivity contribution in [2.75, 3.05) is 11.8 Å². The monoisotopic (exact) mass is 297 g/mol. The Bertz CT molecular complexity index is 738. The predicted molar refractivity (Wildman–Crippen MR) is 69.3 cm³/mol. The van der Waals surface area contributed by atoms with Crippen molar-refractivity contribution in [2.45, 2.75) is 4.90 Å². The van der Waals surface area contributed by atoms with E-state index in [1.54, 1.807) is 12.1 Å². The zero-order valence-corrected chi connectivity index (χ0v) is 11.1. The highest BCUT2D eigenvalue weighted by atomic mass is 32.2. The number of aromatic carboxylic acids is 1. The largest absolute Gasteiger partial charge is 0.495 e. The van der Waals surface area contributed by atoms with Gasteiger partial charge in [0.25, 0.3) is 10.0 Å². The molecule has 0 aliphatic heterocycles. The van der Waals surface area contributed by atoms with E-state index < -0.39 is 16.0 Å². The van der Waals surface area contributed by atoms with Gasteiger partial charge in [-0.25, -0.2) is 13.2 Å². The third-order valence-corrected chi connectivity index (χ3v) is 3.80. The zero-order chi connectivity index (χ0) is 14.8. The molecule has 106 valence electrons. The van der Waals surface area contributed by atoms with Gasteiger partial charge < -0.3 is 9.84 Å². The fourth-order valence-corrected chi connectivity index (χ4v) is 2.68. The summed E-state index contributed by atoms with van der Waals surface area (Å²) in [5, 5.41) is 14.5. The minimum absolute atomic E-state index is 0.0672. The molecule has 0 amide bonds. The van der Waals surface area contributed by atoms with Crippen molar-refractivity contribution < 1.29 is 23.1 Å². The van der Waals surface area contributed by atoms with Crippen molar-refractivity contribution in [2.24, 2.45) is 0 Å². The lowest BCUT2D eigenvalue weighted by Gasteiger charge is -2.09. The number of aromatic amines is 1. The van der Waals surface area contributed by atoms with Gasteiger partial charge in [0.2, 0.25) is 0 Å². The number of hydrogen-bond acceptors (Lipinski definition) is 5. The molecular formula is C11H11N3O5S. The number of hydrogen-bond donors (Lipinski definition) is 3. The van der Waals surface area contributed by atoms with Crippen LogP contribution in [-0.2, 0) is 10.0 Å². The molecule has 3 N–H and O–H groups in total. The molecule has 0 atom stereocenters. The Balaban J connectivity index is 2.33. The molecule has 9 heteroatoms. The number of carboxylic acids is 1. The first-order chi connectivity index (χ1) is 9.44. The molecule has 2 aromatic rings. The maximum absolute atomic E-state index is 12.2. The average molecular weight is 297 g/mol. The van der Waals surface area contributed by atoms with Gasteiger partial charge in [-0.1, -0.05) is 12.1 Å². The van der Waals surface area contributed by atoms with Gasteiger partial charge >= 0.3 is 5.97 Å². The summed E-state index contributed by atoms with van der Waals surface area (Å²) < 4.78 is 31.5. The topological polar surface area (TPSA) is 121 Å². The van der Waals surface area contributed by atoms with E-state index >= 15 is 0 Å². The van der Waals surface area contributed by atoms with Crippen LogP contribution in [0.5, 0.6) is 5.75 Å². The van der Waals surface area contributed by atoms with E-state index in [-0.39, 0.29) is 22.2 Å². The Hall–Kier alpha value is -2.55. The number of nitrogens with zero attached hydrogens (tertiary/aromatic N) is 1. The van der Waals surface area contributed by atoms with Crippen LogP contribution in [0.3, 0.4) is 0 Å². The second kappa shape index (κ2) is 5.21. The number of carbonyl (C=O) groups is 1. The summed E-state index contributed by atoms with van der Waals surface area (Å²) >= 11 is 0. The number of nitrogens with one attached hydrogen (secondary N) is 2. The molecule has 0 aliphatic carbocycles. The number of para-hydroxylation sites is 1. The highest BCUT2D eigenvalue weighted by Crippen LogP contribution is 2.24. The van der Waals surface area contributed by atoms with Crippen molar-refractivity contribution in [1.29, 1.82) is 0 Å². The molecule has 0 spiro atoms. The van der Waals surface area contributed by atoms with Crippen LogP contribution >= 0.6 is 0 Å². The number of aromatic nitrogens is 2. The van der Waals surface area contributed by atoms with Crippen LogP contribution < -0.4 is 9.46 Å². The molecular weight excluding hydrogens is 286 g/mol. The molecule has 20 heavy (non-hydrogen) atoms. The van der Waals surface area contributed by atoms with E-state index in [9.17, 15) is 13.2 Å². The third-order valence-electron chi connectivity index (χ3n) is 2.41. The Morgan fingerprint density at radius 2 is 2.10 bits per heavy atom. The minimum Gasteiger partial charge on any atom is -0.495 e. The highest BCUT2D eigenvalue weighted by molar-refractivity contribution is 7.92. The van der Waals surface area contributed by atoms with Crippen LogP contribution in [0.15, 0.2) is 35.2 Å². The van der Waals surface area contributed by atoms with Gasteiger partial charge in [-0.2, -0.15) is 5.10 Å². The predicted octanol–water partition coefficient (Wildman–Crippen LogP) is 0.917. The summed E-state index contributed by atoms with van der Waals surface area (Å²) in [4.78, 5) is 10.6. The average Bonchev–Trinajstić information content (AvgIpc) is 2.86. The molecule has 2 rings (SSSR count). The van der Waals surface area contributed by atoms with Crippen LogP contribution in [0, 0.1) is 0 Å². The van der Waals surface area contributed by atoms with Gasteiger partial charge in [-0.3, -0.25) is 9.82 Å². The van der Waals surface area contributed by atoms with Gasteiger partial charge in [-0.15, -0.1) is 0 Å². The standard InChI is InChI=1S/C11H11N3O5S/c1-19-8-4-2-3-5-9(8)20(17,18)14-10-6-7(11(15)16)12-13-10/h2-6H,1H3,(H,15,16)(H2,12,13,14). The van der Waals surface area contributed by atoms with Gasteiger partial charge in [0.15, 0.2) is 5.82 Å². The lowest BCUT2D eigenvalue weighted by Crippen LogP contribution is -2.14. The Labute approximate surface area is 114 Å². The number of sulfonamides is 1. The van der Waals surface area contributed by atoms with Crippen LogP contribution in [0.25, 0.3) is 0 Å². The second-order valence-corrected chi connectivity index (χ2v) is 5.38. The number of H-pyrrole nitrogens is 1. The van der Waals surface area contributed by atoms with Crippen molar-refractivity contribution in [3.63, 3.8) is 0 Å². The minimum atomic E-state index is -3.92. The van der Waals surface area contributed by atoms with Crippen LogP contribution in [0.4, 0.5) is 5.82 Å². The number of methoxy groups -OCH3 is 1. The van der Waals surface area contributed by atoms with Crippen molar-refractivity contribution in [3.8, 4) is 5.75 Å². The number of rotatable bonds is 5. The molecule has 8 nitrogen and oxygen atoms in total. The van der Waals surface area contributed by atoms with E-state index in [1.807, 2.05) is 0 Å². The van der Waals surface area contributed by atoms with Gasteiger partial charge in [0, 0.05) is 6.07 Å². The van der Waals surface area contributed by atoms with Crippen LogP contribution in [-0.4, -0.2) is 36.8 Å². The lowest BCUT2D eigenvalue weighted by molar-refractivity contribution is 0.0690. The first-order valence-corrected chi connectivity index (χ1v) is 6.87. The summed E-state index contributed by atoms with van der Waals surface area (Å²) in [6.07, 6.45) is 0. The lowest BCUT2D eigenvalue weighted by atomic mass is 10.3. The number of anilines is 1. The number of benzene rings is 1. The van der Waals surface area contributed by atoms with Gasteiger partial charge in [0.05, 0.1) is 7.11 Å². The van der Waals surface area contributed by atoms with E-state index in [1.165, 1.54) is 19.2 Å². The molecule has 0 fully saturated rings. The quantitative estimate of drug-likeness (QED) is 0.754. The number of carboxylic acid groups (broad SMARTS) is 1. The van der Waals surface area contributed by atoms with Crippen molar-refractivity contribution in [3.05, 3.63) is 36.0 Å². The van der Waals surface area contributed by atoms with Crippen LogP contribution in [0.2, 0.25) is 0 Å². The van der Waals surface area contributed by atoms with Crippen LogP contribution in [0.1, 0.15) is 10.5 Å². The molecule has 0 unspecified atom stereocenters. The van der Waals surface area contributed by atoms with Gasteiger partial charge in [0.1, 0.15) is 16.3 Å². The highest BCUT2D eigenvalue weighted by Gasteiger charge is 2.20. The first-order valence-electron chi connectivity index (χ1n) is 5.38. The Kier molecular flexibility index (Phi) is 3.61. The molecule has 0 bridgehead atoms. The zero-order valence-electron chi connectivity index (χ0n) is 10.3. The Morgan fingerprint density at radius 3 is 2.70 bits per heavy atom. The summed E-state index contributed by atoms with van der Waals surface area (Å²) in [6.45, 7) is 0. The van der Waals surface area contributed by atoms with E-state index in [4.69, 9.17) is 9.84 Å². The third kappa shape index (κ3) is 2.72. The molecule has 1 aromatic heterocycles. The summed E-state index contributed by atoms with van der Waals surface area (Å²) in [5.41, 5.74) is -0.220. The molecule has 1 aromatic carbocycles. The SMILES string of the molecule is COc1ccccc1S(=O)(=O)Nc1cc(C(=O)O)[nH]n1. The van der Waals surface area contributed by atoms with Gasteiger partial charge in [-0.05, 0) is 12.1 Å². The summed E-state index contributed by atoms with van der Waals surface area (Å²) in [7, 11) is -2.57. The van der Waals surface area contributed by atoms with Crippen molar-refractivity contribution >= 4 is 21.8 Å². The van der Waals surface area contributed by atoms with E-state index in [0.29, 0.717) is 0 Å². The maximum atomic E-state index is 12.2. The molecule has 0 saturated carbocycles. The molecule has 0 saturated heterocycles. The maximum Gasteiger partial charge on any atom is 0.353 e. The number of ether oxygens (including phenoxy) is 1. The van der Waals surface area contributed by atoms with E-state index in [2.05, 4.69) is 14.9 Å². The molecule has 0 radical (unpaired) electrons. The van der Waals surface area contributed by atoms with E-state index in [0.717, 1.165) is 6.07 Å². The fraction of sp³-hybridized carbons (Fsp3) is 0.0909. The first kappa shape index (κ1) is 13.9. The molecule has 0 aliphatic rings. The Morgan fingerprint density at radius 1 is 1.40 bits per heavy atom. The fourth-order valence-electron chi connectivity index (χ4n) is 1.52. The molecule has 1 heterocycles. The van der Waals surface area contributed by atoms with Crippen molar-refractivity contribution in [1.82, 2.24) is 10.2 Å². The summed E-state index contributed by atoms with van der Waals surface area (Å²) in [5.74, 6) is -1.18.